The zero-order chi connectivity index (χ0) is 19.5. The van der Waals surface area contributed by atoms with Gasteiger partial charge in [-0.05, 0) is 51.4 Å². The highest BCUT2D eigenvalue weighted by molar-refractivity contribution is 7.10. The quantitative estimate of drug-likeness (QED) is 0.554. The zero-order valence-corrected chi connectivity index (χ0v) is 17.3. The minimum atomic E-state index is -1.23. The molecular formula is C21H24N2O2S2. The second-order valence-corrected chi connectivity index (χ2v) is 9.21. The molecule has 142 valence electrons. The number of aliphatic hydroxyl groups is 1. The van der Waals surface area contributed by atoms with Gasteiger partial charge in [0.1, 0.15) is 5.60 Å². The van der Waals surface area contributed by atoms with Crippen LogP contribution in [-0.2, 0) is 11.0 Å². The highest BCUT2D eigenvalue weighted by Gasteiger charge is 2.33. The molecule has 2 heterocycles. The molecule has 3 rings (SSSR count). The van der Waals surface area contributed by atoms with Crippen molar-refractivity contribution in [3.63, 3.8) is 0 Å². The van der Waals surface area contributed by atoms with Crippen LogP contribution in [0.5, 0.6) is 0 Å². The lowest BCUT2D eigenvalue weighted by Crippen LogP contribution is -2.42. The minimum Gasteiger partial charge on any atom is -0.378 e. The number of rotatable bonds is 5. The molecule has 4 nitrogen and oxygen atoms in total. The van der Waals surface area contributed by atoms with Crippen molar-refractivity contribution in [2.24, 2.45) is 0 Å². The van der Waals surface area contributed by atoms with Crippen molar-refractivity contribution in [1.82, 2.24) is 5.32 Å². The molecule has 1 atom stereocenters. The van der Waals surface area contributed by atoms with Gasteiger partial charge in [0.25, 0.3) is 0 Å². The van der Waals surface area contributed by atoms with E-state index in [4.69, 9.17) is 0 Å². The van der Waals surface area contributed by atoms with E-state index >= 15 is 0 Å². The molecule has 2 aromatic heterocycles. The summed E-state index contributed by atoms with van der Waals surface area (Å²) in [6.07, 6.45) is 0. The number of urea groups is 1. The van der Waals surface area contributed by atoms with Crippen molar-refractivity contribution in [2.45, 2.75) is 31.8 Å². The lowest BCUT2D eigenvalue weighted by atomic mass is 9.87. The van der Waals surface area contributed by atoms with Crippen molar-refractivity contribution >= 4 is 34.4 Å². The van der Waals surface area contributed by atoms with E-state index in [9.17, 15) is 9.90 Å². The van der Waals surface area contributed by atoms with Crippen molar-refractivity contribution < 1.29 is 9.90 Å². The molecule has 0 aliphatic heterocycles. The summed E-state index contributed by atoms with van der Waals surface area (Å²) >= 11 is 2.99. The maximum absolute atomic E-state index is 12.4. The van der Waals surface area contributed by atoms with Crippen molar-refractivity contribution in [3.8, 4) is 0 Å². The number of nitrogens with one attached hydrogen (secondary N) is 2. The van der Waals surface area contributed by atoms with Gasteiger partial charge in [0.05, 0.1) is 6.54 Å². The van der Waals surface area contributed by atoms with Gasteiger partial charge >= 0.3 is 6.03 Å². The maximum Gasteiger partial charge on any atom is 0.319 e. The molecule has 0 fully saturated rings. The molecule has 27 heavy (non-hydrogen) atoms. The van der Waals surface area contributed by atoms with Gasteiger partial charge in [-0.1, -0.05) is 39.0 Å². The first kappa shape index (κ1) is 19.6. The number of anilines is 1. The average molecular weight is 401 g/mol. The van der Waals surface area contributed by atoms with Gasteiger partial charge < -0.3 is 15.7 Å². The van der Waals surface area contributed by atoms with Crippen LogP contribution in [0.2, 0.25) is 0 Å². The molecule has 6 heteroatoms. The summed E-state index contributed by atoms with van der Waals surface area (Å²) in [5.41, 5.74) is 1.54. The first-order valence-corrected chi connectivity index (χ1v) is 10.6. The normalized spacial score (nSPS) is 13.8. The maximum atomic E-state index is 12.4. The van der Waals surface area contributed by atoms with Crippen LogP contribution in [0.3, 0.4) is 0 Å². The third-order valence-electron chi connectivity index (χ3n) is 4.44. The Labute approximate surface area is 167 Å². The van der Waals surface area contributed by atoms with Crippen LogP contribution < -0.4 is 10.6 Å². The first-order valence-electron chi connectivity index (χ1n) is 8.73. The van der Waals surface area contributed by atoms with Crippen LogP contribution in [0.25, 0.3) is 0 Å². The average Bonchev–Trinajstić information content (AvgIpc) is 3.33. The van der Waals surface area contributed by atoms with Crippen molar-refractivity contribution in [1.29, 1.82) is 0 Å². The smallest absolute Gasteiger partial charge is 0.319 e. The Morgan fingerprint density at radius 2 is 1.78 bits per heavy atom. The third kappa shape index (κ3) is 4.58. The molecule has 0 aliphatic rings. The summed E-state index contributed by atoms with van der Waals surface area (Å²) in [6, 6.07) is 13.1. The molecule has 0 radical (unpaired) electrons. The monoisotopic (exact) mass is 400 g/mol. The van der Waals surface area contributed by atoms with Gasteiger partial charge in [-0.15, -0.1) is 11.3 Å². The molecule has 0 saturated carbocycles. The van der Waals surface area contributed by atoms with E-state index in [0.717, 1.165) is 16.1 Å². The van der Waals surface area contributed by atoms with Gasteiger partial charge in [-0.2, -0.15) is 11.3 Å². The Balaban J connectivity index is 1.67. The highest BCUT2D eigenvalue weighted by Crippen LogP contribution is 2.33. The third-order valence-corrected chi connectivity index (χ3v) is 6.15. The minimum absolute atomic E-state index is 0.0680. The first-order chi connectivity index (χ1) is 12.8. The lowest BCUT2D eigenvalue weighted by molar-refractivity contribution is 0.0871. The number of thiophene rings is 2. The Kier molecular flexibility index (Phi) is 5.69. The Hall–Kier alpha value is -2.15. The number of benzene rings is 1. The van der Waals surface area contributed by atoms with Crippen LogP contribution in [0, 0.1) is 0 Å². The number of carbonyl (C=O) groups excluding carboxylic acids is 1. The van der Waals surface area contributed by atoms with Crippen molar-refractivity contribution in [3.05, 3.63) is 74.6 Å². The van der Waals surface area contributed by atoms with Gasteiger partial charge in [-0.25, -0.2) is 4.79 Å². The van der Waals surface area contributed by atoms with Crippen LogP contribution in [0.1, 0.15) is 36.8 Å². The molecule has 3 aromatic rings. The summed E-state index contributed by atoms with van der Waals surface area (Å²) in [6.45, 7) is 6.55. The number of carbonyl (C=O) groups is 1. The van der Waals surface area contributed by atoms with Gasteiger partial charge in [-0.3, -0.25) is 0 Å². The zero-order valence-electron chi connectivity index (χ0n) is 15.7. The van der Waals surface area contributed by atoms with Crippen LogP contribution in [0.15, 0.2) is 58.6 Å². The Morgan fingerprint density at radius 3 is 2.33 bits per heavy atom. The second-order valence-electron chi connectivity index (χ2n) is 7.48. The fraction of sp³-hybridized carbons (Fsp3) is 0.286. The molecule has 1 unspecified atom stereocenters. The fourth-order valence-electron chi connectivity index (χ4n) is 2.78. The summed E-state index contributed by atoms with van der Waals surface area (Å²) in [5.74, 6) is 0. The second kappa shape index (κ2) is 7.84. The predicted octanol–water partition coefficient (Wildman–Crippen LogP) is 5.16. The van der Waals surface area contributed by atoms with E-state index in [1.165, 1.54) is 28.2 Å². The molecule has 0 bridgehead atoms. The number of amides is 2. The molecular weight excluding hydrogens is 376 g/mol. The largest absolute Gasteiger partial charge is 0.378 e. The van der Waals surface area contributed by atoms with Gasteiger partial charge in [0.2, 0.25) is 0 Å². The van der Waals surface area contributed by atoms with Gasteiger partial charge in [0.15, 0.2) is 0 Å². The summed E-state index contributed by atoms with van der Waals surface area (Å²) in [5, 5.41) is 22.6. The Bertz CT molecular complexity index is 830. The molecule has 3 N–H and O–H groups in total. The Morgan fingerprint density at radius 1 is 1.04 bits per heavy atom. The topological polar surface area (TPSA) is 61.4 Å². The van der Waals surface area contributed by atoms with E-state index in [2.05, 4.69) is 31.4 Å². The molecule has 1 aromatic carbocycles. The van der Waals surface area contributed by atoms with Gasteiger partial charge in [0, 0.05) is 16.1 Å². The molecule has 2 amide bonds. The molecule has 0 saturated heterocycles. The van der Waals surface area contributed by atoms with E-state index in [1.54, 1.807) is 0 Å². The highest BCUT2D eigenvalue weighted by atomic mass is 32.1. The lowest BCUT2D eigenvalue weighted by Gasteiger charge is -2.27. The summed E-state index contributed by atoms with van der Waals surface area (Å²) in [7, 11) is 0. The van der Waals surface area contributed by atoms with Crippen LogP contribution in [-0.4, -0.2) is 17.7 Å². The standard InChI is InChI=1S/C21H24N2O2S2/c1-20(2,3)15-6-8-17(9-7-15)23-19(24)22-14-21(25,16-10-12-26-13-16)18-5-4-11-27-18/h4-13,25H,14H2,1-3H3,(H2,22,23,24). The fourth-order valence-corrected chi connectivity index (χ4v) is 4.35. The number of hydrogen-bond donors (Lipinski definition) is 3. The van der Waals surface area contributed by atoms with E-state index < -0.39 is 5.60 Å². The van der Waals surface area contributed by atoms with E-state index in [0.29, 0.717) is 0 Å². The summed E-state index contributed by atoms with van der Waals surface area (Å²) in [4.78, 5) is 13.2. The molecule has 0 spiro atoms. The SMILES string of the molecule is CC(C)(C)c1ccc(NC(=O)NCC(O)(c2ccsc2)c2cccs2)cc1. The van der Waals surface area contributed by atoms with Crippen molar-refractivity contribution in [2.75, 3.05) is 11.9 Å². The van der Waals surface area contributed by atoms with E-state index in [-0.39, 0.29) is 18.0 Å². The van der Waals surface area contributed by atoms with E-state index in [1.807, 2.05) is 58.6 Å². The molecule has 0 aliphatic carbocycles. The van der Waals surface area contributed by atoms with Crippen LogP contribution in [0.4, 0.5) is 10.5 Å². The number of hydrogen-bond acceptors (Lipinski definition) is 4. The predicted molar refractivity (Wildman–Crippen MR) is 114 cm³/mol. The summed E-state index contributed by atoms with van der Waals surface area (Å²) < 4.78 is 0. The van der Waals surface area contributed by atoms with Crippen LogP contribution >= 0.6 is 22.7 Å².